The zero-order valence-corrected chi connectivity index (χ0v) is 14.0. The third-order valence-corrected chi connectivity index (χ3v) is 6.21. The van der Waals surface area contributed by atoms with Crippen molar-refractivity contribution in [3.8, 4) is 0 Å². The number of nitrogens with zero attached hydrogens (tertiary/aromatic N) is 3. The number of sulfonamides is 1. The fourth-order valence-electron chi connectivity index (χ4n) is 2.62. The summed E-state index contributed by atoms with van der Waals surface area (Å²) >= 11 is 0. The molecular weight excluding hydrogens is 354 g/mol. The highest BCUT2D eigenvalue weighted by atomic mass is 32.3. The van der Waals surface area contributed by atoms with Crippen molar-refractivity contribution >= 4 is 32.9 Å². The number of amides is 3. The van der Waals surface area contributed by atoms with Gasteiger partial charge in [0.15, 0.2) is 0 Å². The second-order valence-electron chi connectivity index (χ2n) is 5.50. The lowest BCUT2D eigenvalue weighted by Gasteiger charge is -2.36. The lowest BCUT2D eigenvalue weighted by Crippen LogP contribution is -2.54. The van der Waals surface area contributed by atoms with E-state index >= 15 is 0 Å². The predicted octanol–water partition coefficient (Wildman–Crippen LogP) is -0.856. The highest BCUT2D eigenvalue weighted by Crippen LogP contribution is 2.33. The van der Waals surface area contributed by atoms with E-state index in [0.29, 0.717) is 9.37 Å². The number of urea groups is 1. The van der Waals surface area contributed by atoms with Crippen molar-refractivity contribution in [2.75, 3.05) is 6.54 Å². The molecule has 1 N–H and O–H groups in total. The van der Waals surface area contributed by atoms with Gasteiger partial charge in [0.05, 0.1) is 11.3 Å². The molecule has 2 bridgehead atoms. The van der Waals surface area contributed by atoms with Gasteiger partial charge >= 0.3 is 16.4 Å². The van der Waals surface area contributed by atoms with E-state index in [-0.39, 0.29) is 25.8 Å². The van der Waals surface area contributed by atoms with Crippen molar-refractivity contribution in [1.82, 2.24) is 14.3 Å². The predicted molar refractivity (Wildman–Crippen MR) is 75.3 cm³/mol. The average molecular weight is 371 g/mol. The van der Waals surface area contributed by atoms with E-state index < -0.39 is 43.9 Å². The SMILES string of the molecule is CC(C)S(=O)(=O)N(C=O)[C@H]1CC[C@@H]2CN1C(=O)N2OS(=O)(=O)O. The Morgan fingerprint density at radius 2 is 1.91 bits per heavy atom. The Morgan fingerprint density at radius 1 is 1.30 bits per heavy atom. The summed E-state index contributed by atoms with van der Waals surface area (Å²) < 4.78 is 59.6. The van der Waals surface area contributed by atoms with Gasteiger partial charge in [-0.2, -0.15) is 13.5 Å². The second-order valence-corrected chi connectivity index (χ2v) is 8.90. The van der Waals surface area contributed by atoms with Crippen LogP contribution in [0.1, 0.15) is 26.7 Å². The monoisotopic (exact) mass is 371 g/mol. The summed E-state index contributed by atoms with van der Waals surface area (Å²) in [6.45, 7) is 2.78. The Bertz CT molecular complexity index is 704. The molecule has 2 atom stereocenters. The number of piperidine rings is 1. The molecule has 0 aromatic carbocycles. The van der Waals surface area contributed by atoms with Gasteiger partial charge < -0.3 is 0 Å². The number of rotatable bonds is 6. The van der Waals surface area contributed by atoms with Crippen LogP contribution < -0.4 is 0 Å². The fourth-order valence-corrected chi connectivity index (χ4v) is 4.17. The van der Waals surface area contributed by atoms with Crippen molar-refractivity contribution in [2.45, 2.75) is 44.1 Å². The Balaban J connectivity index is 2.29. The molecule has 0 unspecified atom stereocenters. The molecule has 2 rings (SSSR count). The average Bonchev–Trinajstić information content (AvgIpc) is 2.65. The number of carbonyl (C=O) groups excluding carboxylic acids is 2. The molecule has 2 aliphatic heterocycles. The zero-order chi connectivity index (χ0) is 17.6. The Kier molecular flexibility index (Phi) is 4.58. The molecule has 0 radical (unpaired) electrons. The maximum absolute atomic E-state index is 12.2. The van der Waals surface area contributed by atoms with E-state index in [1.807, 2.05) is 0 Å². The van der Waals surface area contributed by atoms with E-state index in [1.165, 1.54) is 13.8 Å². The number of hydrogen-bond donors (Lipinski definition) is 1. The molecule has 2 saturated heterocycles. The van der Waals surface area contributed by atoms with Crippen LogP contribution in [0.15, 0.2) is 0 Å². The summed E-state index contributed by atoms with van der Waals surface area (Å²) in [6.07, 6.45) is -0.578. The van der Waals surface area contributed by atoms with Crippen LogP contribution in [0.25, 0.3) is 0 Å². The van der Waals surface area contributed by atoms with Gasteiger partial charge in [-0.25, -0.2) is 17.5 Å². The van der Waals surface area contributed by atoms with Crippen molar-refractivity contribution < 1.29 is 35.3 Å². The van der Waals surface area contributed by atoms with Crippen LogP contribution >= 0.6 is 0 Å². The molecule has 23 heavy (non-hydrogen) atoms. The smallest absolute Gasteiger partial charge is 0.299 e. The van der Waals surface area contributed by atoms with Gasteiger partial charge in [0, 0.05) is 6.54 Å². The minimum absolute atomic E-state index is 0.0169. The molecule has 2 fully saturated rings. The zero-order valence-electron chi connectivity index (χ0n) is 12.4. The highest BCUT2D eigenvalue weighted by Gasteiger charge is 2.50. The van der Waals surface area contributed by atoms with E-state index in [2.05, 4.69) is 4.28 Å². The molecule has 0 aromatic rings. The first-order chi connectivity index (χ1) is 10.5. The number of hydrogen-bond acceptors (Lipinski definition) is 7. The first-order valence-corrected chi connectivity index (χ1v) is 9.60. The van der Waals surface area contributed by atoms with Crippen LogP contribution in [0, 0.1) is 0 Å². The summed E-state index contributed by atoms with van der Waals surface area (Å²) in [5.41, 5.74) is 0. The van der Waals surface area contributed by atoms with Gasteiger partial charge in [-0.3, -0.25) is 14.2 Å². The summed E-state index contributed by atoms with van der Waals surface area (Å²) in [4.78, 5) is 24.5. The Morgan fingerprint density at radius 3 is 2.39 bits per heavy atom. The van der Waals surface area contributed by atoms with Gasteiger partial charge in [-0.15, -0.1) is 4.28 Å². The number of hydroxylamine groups is 2. The molecule has 0 aliphatic carbocycles. The van der Waals surface area contributed by atoms with E-state index in [9.17, 15) is 26.4 Å². The lowest BCUT2D eigenvalue weighted by atomic mass is 10.1. The molecule has 13 heteroatoms. The molecular formula is C10H17N3O8S2. The van der Waals surface area contributed by atoms with Gasteiger partial charge in [0.1, 0.15) is 6.17 Å². The quantitative estimate of drug-likeness (QED) is 0.470. The van der Waals surface area contributed by atoms with Gasteiger partial charge in [0.2, 0.25) is 16.4 Å². The highest BCUT2D eigenvalue weighted by molar-refractivity contribution is 7.90. The first-order valence-electron chi connectivity index (χ1n) is 6.73. The van der Waals surface area contributed by atoms with Crippen LogP contribution in [0.5, 0.6) is 0 Å². The maximum Gasteiger partial charge on any atom is 0.418 e. The third kappa shape index (κ3) is 3.27. The van der Waals surface area contributed by atoms with Crippen molar-refractivity contribution in [1.29, 1.82) is 0 Å². The topological polar surface area (TPSA) is 142 Å². The van der Waals surface area contributed by atoms with Crippen LogP contribution in [-0.4, -0.2) is 72.1 Å². The Labute approximate surface area is 133 Å². The van der Waals surface area contributed by atoms with Crippen molar-refractivity contribution in [3.63, 3.8) is 0 Å². The summed E-state index contributed by atoms with van der Waals surface area (Å²) in [7, 11) is -8.83. The van der Waals surface area contributed by atoms with Gasteiger partial charge in [-0.1, -0.05) is 0 Å². The van der Waals surface area contributed by atoms with Gasteiger partial charge in [0.25, 0.3) is 0 Å². The molecule has 11 nitrogen and oxygen atoms in total. The standard InChI is InChI=1S/C10H17N3O8S2/c1-7(2)22(16,17)12(6-14)9-4-3-8-5-11(9)10(15)13(8)21-23(18,19)20/h6-9H,3-5H2,1-2H3,(H,18,19,20)/t8-,9+/m1/s1. The Hall–Kier alpha value is -1.44. The minimum Gasteiger partial charge on any atom is -0.299 e. The summed E-state index contributed by atoms with van der Waals surface area (Å²) in [5.74, 6) is 0. The van der Waals surface area contributed by atoms with Crippen molar-refractivity contribution in [2.24, 2.45) is 0 Å². The third-order valence-electron chi connectivity index (χ3n) is 3.75. The van der Waals surface area contributed by atoms with E-state index in [4.69, 9.17) is 4.55 Å². The van der Waals surface area contributed by atoms with E-state index in [1.54, 1.807) is 0 Å². The molecule has 2 heterocycles. The largest absolute Gasteiger partial charge is 0.418 e. The van der Waals surface area contributed by atoms with Crippen LogP contribution in [0.3, 0.4) is 0 Å². The minimum atomic E-state index is -4.89. The number of carbonyl (C=O) groups is 2. The molecule has 0 aromatic heterocycles. The fraction of sp³-hybridized carbons (Fsp3) is 0.800. The maximum atomic E-state index is 12.2. The molecule has 0 spiro atoms. The first kappa shape index (κ1) is 17.9. The molecule has 0 saturated carbocycles. The summed E-state index contributed by atoms with van der Waals surface area (Å²) in [6, 6.07) is -1.59. The normalized spacial score (nSPS) is 25.1. The molecule has 3 amide bonds. The van der Waals surface area contributed by atoms with Crippen LogP contribution in [-0.2, 0) is 29.5 Å². The number of fused-ring (bicyclic) bond motifs is 2. The lowest BCUT2D eigenvalue weighted by molar-refractivity contribution is -0.117. The van der Waals surface area contributed by atoms with E-state index in [0.717, 1.165) is 4.90 Å². The van der Waals surface area contributed by atoms with Crippen LogP contribution in [0.2, 0.25) is 0 Å². The van der Waals surface area contributed by atoms with Gasteiger partial charge in [-0.05, 0) is 26.7 Å². The molecule has 2 aliphatic rings. The van der Waals surface area contributed by atoms with Crippen molar-refractivity contribution in [3.05, 3.63) is 0 Å². The second kappa shape index (κ2) is 5.89. The molecule has 132 valence electrons. The van der Waals surface area contributed by atoms with Crippen LogP contribution in [0.4, 0.5) is 4.79 Å². The summed E-state index contributed by atoms with van der Waals surface area (Å²) in [5, 5.41) is -0.381.